The molecule has 1 saturated heterocycles. The lowest BCUT2D eigenvalue weighted by atomic mass is 10.0. The van der Waals surface area contributed by atoms with E-state index >= 15 is 0 Å². The number of aldehydes is 1. The van der Waals surface area contributed by atoms with Gasteiger partial charge in [0, 0.05) is 12.1 Å². The van der Waals surface area contributed by atoms with Crippen LogP contribution in [0, 0.1) is 0 Å². The van der Waals surface area contributed by atoms with Gasteiger partial charge in [-0.1, -0.05) is 12.1 Å². The molecule has 0 aromatic heterocycles. The van der Waals surface area contributed by atoms with Gasteiger partial charge in [-0.3, -0.25) is 9.69 Å². The van der Waals surface area contributed by atoms with E-state index in [4.69, 9.17) is 0 Å². The molecule has 0 unspecified atom stereocenters. The van der Waals surface area contributed by atoms with Crippen LogP contribution in [0.1, 0.15) is 34.3 Å². The summed E-state index contributed by atoms with van der Waals surface area (Å²) in [6.45, 7) is 1.98. The second kappa shape index (κ2) is 11.2. The number of hydrogen-bond donors (Lipinski definition) is 2. The fourth-order valence-electron chi connectivity index (χ4n) is 2.25. The first-order valence-corrected chi connectivity index (χ1v) is 7.46. The number of benzene rings is 1. The number of hydrogen-bond acceptors (Lipinski definition) is 4. The first-order valence-electron chi connectivity index (χ1n) is 7.46. The zero-order valence-electron chi connectivity index (χ0n) is 13.9. The van der Waals surface area contributed by atoms with E-state index in [-0.39, 0.29) is 11.1 Å². The van der Waals surface area contributed by atoms with E-state index in [9.17, 15) is 18.0 Å². The molecule has 132 valence electrons. The van der Waals surface area contributed by atoms with Crippen molar-refractivity contribution in [3.8, 4) is 0 Å². The number of carbonyl (C=O) groups excluding carboxylic acids is 1. The van der Waals surface area contributed by atoms with Gasteiger partial charge in [-0.05, 0) is 58.7 Å². The Morgan fingerprint density at radius 1 is 1.22 bits per heavy atom. The summed E-state index contributed by atoms with van der Waals surface area (Å²) < 4.78 is 38.7. The van der Waals surface area contributed by atoms with Crippen molar-refractivity contribution in [3.05, 3.63) is 34.9 Å². The third-order valence-corrected chi connectivity index (χ3v) is 3.17. The van der Waals surface area contributed by atoms with Crippen molar-refractivity contribution < 1.29 is 18.0 Å². The SMILES string of the molecule is CN.CNC.O=Cc1ccc(CN2CCCC2)c(C(F)(F)F)c1. The Bertz CT molecular complexity index is 458. The minimum atomic E-state index is -4.41. The lowest BCUT2D eigenvalue weighted by molar-refractivity contribution is -0.138. The summed E-state index contributed by atoms with van der Waals surface area (Å²) in [5.41, 5.74) is 4.11. The lowest BCUT2D eigenvalue weighted by Crippen LogP contribution is -2.21. The van der Waals surface area contributed by atoms with Crippen LogP contribution >= 0.6 is 0 Å². The maximum atomic E-state index is 12.9. The number of nitrogens with zero attached hydrogens (tertiary/aromatic N) is 1. The van der Waals surface area contributed by atoms with Crippen molar-refractivity contribution in [2.45, 2.75) is 25.6 Å². The van der Waals surface area contributed by atoms with Gasteiger partial charge < -0.3 is 11.1 Å². The third-order valence-electron chi connectivity index (χ3n) is 3.17. The monoisotopic (exact) mass is 333 g/mol. The summed E-state index contributed by atoms with van der Waals surface area (Å²) in [4.78, 5) is 12.6. The highest BCUT2D eigenvalue weighted by atomic mass is 19.4. The maximum absolute atomic E-state index is 12.9. The topological polar surface area (TPSA) is 58.4 Å². The summed E-state index contributed by atoms with van der Waals surface area (Å²) in [5.74, 6) is 0. The van der Waals surface area contributed by atoms with Crippen LogP contribution in [0.3, 0.4) is 0 Å². The van der Waals surface area contributed by atoms with Crippen LogP contribution in [-0.2, 0) is 12.7 Å². The second-order valence-corrected chi connectivity index (χ2v) is 5.02. The van der Waals surface area contributed by atoms with Crippen LogP contribution in [0.5, 0.6) is 0 Å². The van der Waals surface area contributed by atoms with Crippen molar-refractivity contribution in [1.82, 2.24) is 10.2 Å². The fraction of sp³-hybridized carbons (Fsp3) is 0.562. The van der Waals surface area contributed by atoms with E-state index in [1.807, 2.05) is 19.0 Å². The van der Waals surface area contributed by atoms with E-state index in [1.165, 1.54) is 19.2 Å². The highest BCUT2D eigenvalue weighted by Crippen LogP contribution is 2.33. The quantitative estimate of drug-likeness (QED) is 0.835. The van der Waals surface area contributed by atoms with Crippen molar-refractivity contribution in [2.75, 3.05) is 34.2 Å². The van der Waals surface area contributed by atoms with E-state index in [2.05, 4.69) is 11.1 Å². The summed E-state index contributed by atoms with van der Waals surface area (Å²) in [6, 6.07) is 3.77. The molecule has 4 nitrogen and oxygen atoms in total. The Kier molecular flexibility index (Phi) is 10.5. The molecule has 0 bridgehead atoms. The molecule has 0 atom stereocenters. The highest BCUT2D eigenvalue weighted by Gasteiger charge is 2.34. The molecule has 1 aliphatic rings. The Hall–Kier alpha value is -1.44. The Morgan fingerprint density at radius 3 is 2.17 bits per heavy atom. The highest BCUT2D eigenvalue weighted by molar-refractivity contribution is 5.75. The number of carbonyl (C=O) groups is 1. The molecule has 0 saturated carbocycles. The van der Waals surface area contributed by atoms with E-state index in [0.29, 0.717) is 12.8 Å². The van der Waals surface area contributed by atoms with Gasteiger partial charge in [0.2, 0.25) is 0 Å². The van der Waals surface area contributed by atoms with Crippen molar-refractivity contribution in [3.63, 3.8) is 0 Å². The predicted molar refractivity (Wildman–Crippen MR) is 86.4 cm³/mol. The molecule has 2 rings (SSSR count). The number of nitrogens with two attached hydrogens (primary N) is 1. The van der Waals surface area contributed by atoms with Gasteiger partial charge in [-0.2, -0.15) is 13.2 Å². The molecule has 0 radical (unpaired) electrons. The van der Waals surface area contributed by atoms with Crippen LogP contribution in [0.4, 0.5) is 13.2 Å². The standard InChI is InChI=1S/C13H14F3NO.C2H7N.CH5N/c14-13(15,16)12-7-10(9-18)3-4-11(12)8-17-5-1-2-6-17;1-3-2;1-2/h3-4,7,9H,1-2,5-6,8H2;3H,1-2H3;2H2,1H3. The fourth-order valence-corrected chi connectivity index (χ4v) is 2.25. The molecule has 3 N–H and O–H groups in total. The number of nitrogens with one attached hydrogen (secondary N) is 1. The molecule has 1 heterocycles. The van der Waals surface area contributed by atoms with Gasteiger partial charge in [0.25, 0.3) is 0 Å². The Morgan fingerprint density at radius 2 is 1.74 bits per heavy atom. The molecular weight excluding hydrogens is 307 g/mol. The predicted octanol–water partition coefficient (Wildman–Crippen LogP) is 2.52. The van der Waals surface area contributed by atoms with Crippen molar-refractivity contribution in [2.24, 2.45) is 5.73 Å². The molecule has 1 aliphatic heterocycles. The zero-order chi connectivity index (χ0) is 17.9. The summed E-state index contributed by atoms with van der Waals surface area (Å²) in [5, 5.41) is 2.75. The van der Waals surface area contributed by atoms with Crippen molar-refractivity contribution in [1.29, 1.82) is 0 Å². The van der Waals surface area contributed by atoms with Gasteiger partial charge in [-0.25, -0.2) is 0 Å². The second-order valence-electron chi connectivity index (χ2n) is 5.02. The number of rotatable bonds is 3. The van der Waals surface area contributed by atoms with Gasteiger partial charge in [0.1, 0.15) is 6.29 Å². The van der Waals surface area contributed by atoms with Gasteiger partial charge in [0.15, 0.2) is 0 Å². The summed E-state index contributed by atoms with van der Waals surface area (Å²) in [7, 11) is 5.25. The molecule has 0 aliphatic carbocycles. The van der Waals surface area contributed by atoms with E-state index in [1.54, 1.807) is 0 Å². The smallest absolute Gasteiger partial charge is 0.333 e. The minimum Gasteiger partial charge on any atom is -0.333 e. The van der Waals surface area contributed by atoms with Gasteiger partial charge in [-0.15, -0.1) is 0 Å². The van der Waals surface area contributed by atoms with Crippen LogP contribution in [0.2, 0.25) is 0 Å². The molecular formula is C16H26F3N3O. The number of alkyl halides is 3. The van der Waals surface area contributed by atoms with Crippen LogP contribution in [-0.4, -0.2) is 45.4 Å². The summed E-state index contributed by atoms with van der Waals surface area (Å²) >= 11 is 0. The normalized spacial score (nSPS) is 14.4. The van der Waals surface area contributed by atoms with Crippen LogP contribution in [0.15, 0.2) is 18.2 Å². The average Bonchev–Trinajstić information content (AvgIpc) is 3.02. The van der Waals surface area contributed by atoms with Gasteiger partial charge in [0.05, 0.1) is 5.56 Å². The van der Waals surface area contributed by atoms with Crippen molar-refractivity contribution >= 4 is 6.29 Å². The summed E-state index contributed by atoms with van der Waals surface area (Å²) in [6.07, 6.45) is -1.90. The minimum absolute atomic E-state index is 0.0625. The van der Waals surface area contributed by atoms with Gasteiger partial charge >= 0.3 is 6.18 Å². The molecule has 0 spiro atoms. The third kappa shape index (κ3) is 7.58. The lowest BCUT2D eigenvalue weighted by Gasteiger charge is -2.19. The first-order chi connectivity index (χ1) is 10.9. The zero-order valence-corrected chi connectivity index (χ0v) is 13.9. The first kappa shape index (κ1) is 21.6. The molecule has 1 fully saturated rings. The average molecular weight is 333 g/mol. The molecule has 1 aromatic rings. The van der Waals surface area contributed by atoms with Crippen LogP contribution < -0.4 is 11.1 Å². The largest absolute Gasteiger partial charge is 0.416 e. The van der Waals surface area contributed by atoms with E-state index < -0.39 is 11.7 Å². The van der Waals surface area contributed by atoms with E-state index in [0.717, 1.165) is 32.0 Å². The molecule has 0 amide bonds. The van der Waals surface area contributed by atoms with Crippen LogP contribution in [0.25, 0.3) is 0 Å². The number of halogens is 3. The Labute approximate surface area is 135 Å². The molecule has 1 aromatic carbocycles. The number of likely N-dealkylation sites (tertiary alicyclic amines) is 1. The Balaban J connectivity index is 0.000000868. The molecule has 7 heteroatoms. The maximum Gasteiger partial charge on any atom is 0.416 e. The molecule has 23 heavy (non-hydrogen) atoms.